The largest absolute Gasteiger partial charge is 0.467 e. The number of ether oxygens (including phenoxy) is 3. The fourth-order valence-corrected chi connectivity index (χ4v) is 4.66. The number of halogens is 2. The van der Waals surface area contributed by atoms with E-state index in [1.165, 1.54) is 11.3 Å². The van der Waals surface area contributed by atoms with Crippen molar-refractivity contribution in [2.45, 2.75) is 13.2 Å². The second-order valence-electron chi connectivity index (χ2n) is 6.25. The Morgan fingerprint density at radius 3 is 2.86 bits per heavy atom. The molecule has 9 heteroatoms. The number of amides is 1. The maximum absolute atomic E-state index is 12.4. The lowest BCUT2D eigenvalue weighted by molar-refractivity contribution is -0.143. The highest BCUT2D eigenvalue weighted by atomic mass is 35.5. The Morgan fingerprint density at radius 1 is 1.21 bits per heavy atom. The molecule has 3 aromatic rings. The first-order valence-electron chi connectivity index (χ1n) is 8.65. The van der Waals surface area contributed by atoms with Gasteiger partial charge in [0, 0.05) is 26.2 Å². The number of nitrogens with one attached hydrogen (secondary N) is 1. The zero-order valence-electron chi connectivity index (χ0n) is 15.0. The number of fused-ring (bicyclic) bond motifs is 2. The first-order chi connectivity index (χ1) is 14.0. The van der Waals surface area contributed by atoms with Gasteiger partial charge in [0.15, 0.2) is 6.79 Å². The zero-order chi connectivity index (χ0) is 20.4. The molecule has 1 N–H and O–H groups in total. The number of hydrogen-bond donors (Lipinski definition) is 1. The molecule has 0 spiro atoms. The van der Waals surface area contributed by atoms with Crippen LogP contribution in [0, 0.1) is 0 Å². The summed E-state index contributed by atoms with van der Waals surface area (Å²) >= 11 is 13.7. The summed E-state index contributed by atoms with van der Waals surface area (Å²) in [6.45, 7) is 0.196. The van der Waals surface area contributed by atoms with Crippen molar-refractivity contribution in [1.29, 1.82) is 0 Å². The quantitative estimate of drug-likeness (QED) is 0.576. The fourth-order valence-electron chi connectivity index (χ4n) is 2.97. The molecular weight excluding hydrogens is 437 g/mol. The van der Waals surface area contributed by atoms with Gasteiger partial charge in [-0.25, -0.2) is 0 Å². The minimum absolute atomic E-state index is 0.0265. The molecule has 0 fully saturated rings. The topological polar surface area (TPSA) is 73.9 Å². The SMILES string of the molecule is O=C(CNC(=O)c1sc2ccccc2c1Cl)OCc1cc(Cl)cc2c1OCOC2. The predicted molar refractivity (Wildman–Crippen MR) is 111 cm³/mol. The third-order valence-corrected chi connectivity index (χ3v) is 6.17. The van der Waals surface area contributed by atoms with Gasteiger partial charge < -0.3 is 19.5 Å². The maximum Gasteiger partial charge on any atom is 0.325 e. The fraction of sp³-hybridized carbons (Fsp3) is 0.200. The Kier molecular flexibility index (Phi) is 5.91. The molecule has 1 aliphatic heterocycles. The Bertz CT molecular complexity index is 1100. The van der Waals surface area contributed by atoms with Crippen LogP contribution in [0.15, 0.2) is 36.4 Å². The molecule has 0 unspecified atom stereocenters. The van der Waals surface area contributed by atoms with Crippen LogP contribution >= 0.6 is 34.5 Å². The molecule has 2 aromatic carbocycles. The van der Waals surface area contributed by atoms with Crippen LogP contribution in [0.2, 0.25) is 10.0 Å². The van der Waals surface area contributed by atoms with E-state index in [0.29, 0.717) is 32.8 Å². The smallest absolute Gasteiger partial charge is 0.325 e. The average molecular weight is 452 g/mol. The van der Waals surface area contributed by atoms with Crippen molar-refractivity contribution in [2.24, 2.45) is 0 Å². The standard InChI is InChI=1S/C20H15Cl2NO5S/c21-13-5-11-8-26-10-28-18(11)12(6-13)9-27-16(24)7-23-20(25)19-17(22)14-3-1-2-4-15(14)29-19/h1-6H,7-10H2,(H,23,25). The van der Waals surface area contributed by atoms with Crippen LogP contribution in [0.25, 0.3) is 10.1 Å². The molecule has 0 saturated heterocycles. The monoisotopic (exact) mass is 451 g/mol. The number of hydrogen-bond acceptors (Lipinski definition) is 6. The lowest BCUT2D eigenvalue weighted by atomic mass is 10.1. The molecule has 0 saturated carbocycles. The van der Waals surface area contributed by atoms with Crippen molar-refractivity contribution in [2.75, 3.05) is 13.3 Å². The summed E-state index contributed by atoms with van der Waals surface area (Å²) in [7, 11) is 0. The van der Waals surface area contributed by atoms with E-state index >= 15 is 0 Å². The molecule has 2 heterocycles. The number of esters is 1. The molecule has 0 radical (unpaired) electrons. The van der Waals surface area contributed by atoms with Gasteiger partial charge in [0.2, 0.25) is 0 Å². The van der Waals surface area contributed by atoms with E-state index in [9.17, 15) is 9.59 Å². The number of benzene rings is 2. The summed E-state index contributed by atoms with van der Waals surface area (Å²) in [4.78, 5) is 24.9. The van der Waals surface area contributed by atoms with E-state index in [1.807, 2.05) is 24.3 Å². The van der Waals surface area contributed by atoms with E-state index in [0.717, 1.165) is 15.6 Å². The van der Waals surface area contributed by atoms with Gasteiger partial charge in [-0.05, 0) is 18.2 Å². The summed E-state index contributed by atoms with van der Waals surface area (Å²) in [5.74, 6) is -0.403. The number of rotatable bonds is 5. The van der Waals surface area contributed by atoms with Gasteiger partial charge in [0.25, 0.3) is 5.91 Å². The van der Waals surface area contributed by atoms with Crippen LogP contribution in [0.3, 0.4) is 0 Å². The Morgan fingerprint density at radius 2 is 2.03 bits per heavy atom. The van der Waals surface area contributed by atoms with Crippen LogP contribution in [0.4, 0.5) is 0 Å². The maximum atomic E-state index is 12.4. The van der Waals surface area contributed by atoms with Crippen LogP contribution in [-0.4, -0.2) is 25.2 Å². The van der Waals surface area contributed by atoms with E-state index in [-0.39, 0.29) is 19.9 Å². The molecule has 6 nitrogen and oxygen atoms in total. The zero-order valence-corrected chi connectivity index (χ0v) is 17.3. The second kappa shape index (κ2) is 8.59. The van der Waals surface area contributed by atoms with Crippen molar-refractivity contribution < 1.29 is 23.8 Å². The van der Waals surface area contributed by atoms with Crippen molar-refractivity contribution in [3.63, 3.8) is 0 Å². The summed E-state index contributed by atoms with van der Waals surface area (Å²) < 4.78 is 16.9. The number of thiophene rings is 1. The first kappa shape index (κ1) is 20.0. The third-order valence-electron chi connectivity index (χ3n) is 4.27. The molecule has 1 aromatic heterocycles. The van der Waals surface area contributed by atoms with E-state index < -0.39 is 11.9 Å². The summed E-state index contributed by atoms with van der Waals surface area (Å²) in [5.41, 5.74) is 1.44. The average Bonchev–Trinajstić information content (AvgIpc) is 3.07. The van der Waals surface area contributed by atoms with Crippen molar-refractivity contribution in [1.82, 2.24) is 5.32 Å². The highest BCUT2D eigenvalue weighted by molar-refractivity contribution is 7.21. The van der Waals surface area contributed by atoms with E-state index in [1.54, 1.807) is 12.1 Å². The minimum Gasteiger partial charge on any atom is -0.467 e. The third kappa shape index (κ3) is 4.33. The van der Waals surface area contributed by atoms with Gasteiger partial charge in [0.1, 0.15) is 23.8 Å². The predicted octanol–water partition coefficient (Wildman–Crippen LogP) is 4.55. The van der Waals surface area contributed by atoms with Crippen LogP contribution < -0.4 is 10.1 Å². The normalized spacial score (nSPS) is 12.9. The van der Waals surface area contributed by atoms with Crippen molar-refractivity contribution in [3.05, 3.63) is 62.4 Å². The lowest BCUT2D eigenvalue weighted by Gasteiger charge is -2.21. The molecule has 4 rings (SSSR count). The minimum atomic E-state index is -0.587. The molecule has 0 aliphatic carbocycles. The number of carbonyl (C=O) groups excluding carboxylic acids is 2. The van der Waals surface area contributed by atoms with Crippen molar-refractivity contribution >= 4 is 56.5 Å². The van der Waals surface area contributed by atoms with Gasteiger partial charge >= 0.3 is 5.97 Å². The van der Waals surface area contributed by atoms with Gasteiger partial charge in [-0.3, -0.25) is 9.59 Å². The van der Waals surface area contributed by atoms with Gasteiger partial charge in [-0.15, -0.1) is 11.3 Å². The van der Waals surface area contributed by atoms with Crippen LogP contribution in [-0.2, 0) is 27.5 Å². The highest BCUT2D eigenvalue weighted by Gasteiger charge is 2.19. The summed E-state index contributed by atoms with van der Waals surface area (Å²) in [6, 6.07) is 10.9. The van der Waals surface area contributed by atoms with E-state index in [4.69, 9.17) is 37.4 Å². The Labute approximate surface area is 180 Å². The molecule has 150 valence electrons. The highest BCUT2D eigenvalue weighted by Crippen LogP contribution is 2.35. The number of carbonyl (C=O) groups is 2. The molecule has 0 bridgehead atoms. The van der Waals surface area contributed by atoms with Crippen LogP contribution in [0.1, 0.15) is 20.8 Å². The van der Waals surface area contributed by atoms with Gasteiger partial charge in [-0.2, -0.15) is 0 Å². The molecular formula is C20H15Cl2NO5S. The molecule has 1 aliphatic rings. The molecule has 0 atom stereocenters. The van der Waals surface area contributed by atoms with Crippen LogP contribution in [0.5, 0.6) is 5.75 Å². The second-order valence-corrected chi connectivity index (χ2v) is 8.12. The van der Waals surface area contributed by atoms with E-state index in [2.05, 4.69) is 5.32 Å². The Hall–Kier alpha value is -2.32. The van der Waals surface area contributed by atoms with Gasteiger partial charge in [-0.1, -0.05) is 41.4 Å². The molecule has 29 heavy (non-hydrogen) atoms. The van der Waals surface area contributed by atoms with Gasteiger partial charge in [0.05, 0.1) is 11.6 Å². The first-order valence-corrected chi connectivity index (χ1v) is 10.2. The summed E-state index contributed by atoms with van der Waals surface area (Å²) in [6.07, 6.45) is 0. The Balaban J connectivity index is 1.36. The molecule has 1 amide bonds. The summed E-state index contributed by atoms with van der Waals surface area (Å²) in [5, 5.41) is 4.23. The lowest BCUT2D eigenvalue weighted by Crippen LogP contribution is -2.30. The van der Waals surface area contributed by atoms with Crippen molar-refractivity contribution in [3.8, 4) is 5.75 Å².